The van der Waals surface area contributed by atoms with Crippen LogP contribution in [0.2, 0.25) is 0 Å². The van der Waals surface area contributed by atoms with Crippen LogP contribution in [0.4, 0.5) is 4.79 Å². The predicted octanol–water partition coefficient (Wildman–Crippen LogP) is 0.627. The van der Waals surface area contributed by atoms with Gasteiger partial charge in [0.2, 0.25) is 5.91 Å². The van der Waals surface area contributed by atoms with Gasteiger partial charge < -0.3 is 21.1 Å². The minimum atomic E-state index is -0.753. The van der Waals surface area contributed by atoms with Gasteiger partial charge in [-0.15, -0.1) is 0 Å². The number of hydrogen-bond donors (Lipinski definition) is 3. The van der Waals surface area contributed by atoms with Crippen molar-refractivity contribution in [3.63, 3.8) is 0 Å². The molecular formula is C15H21N3O3. The Labute approximate surface area is 123 Å². The van der Waals surface area contributed by atoms with Crippen LogP contribution in [0.3, 0.4) is 0 Å². The molecule has 6 heteroatoms. The van der Waals surface area contributed by atoms with E-state index in [0.717, 1.165) is 6.42 Å². The zero-order valence-corrected chi connectivity index (χ0v) is 11.9. The summed E-state index contributed by atoms with van der Waals surface area (Å²) >= 11 is 0. The van der Waals surface area contributed by atoms with E-state index in [4.69, 9.17) is 10.8 Å². The third-order valence-corrected chi connectivity index (χ3v) is 3.80. The van der Waals surface area contributed by atoms with Crippen molar-refractivity contribution >= 4 is 11.9 Å². The first kappa shape index (κ1) is 15.3. The number of aliphatic hydroxyl groups is 1. The van der Waals surface area contributed by atoms with Gasteiger partial charge in [0.1, 0.15) is 6.04 Å². The molecular weight excluding hydrogens is 270 g/mol. The van der Waals surface area contributed by atoms with E-state index in [0.29, 0.717) is 31.0 Å². The lowest BCUT2D eigenvalue weighted by molar-refractivity contribution is -0.132. The zero-order valence-electron chi connectivity index (χ0n) is 11.9. The normalized spacial score (nSPS) is 19.3. The van der Waals surface area contributed by atoms with Crippen LogP contribution in [-0.2, 0) is 4.79 Å². The lowest BCUT2D eigenvalue weighted by atomic mass is 10.1. The summed E-state index contributed by atoms with van der Waals surface area (Å²) in [5, 5.41) is 11.5. The van der Waals surface area contributed by atoms with Gasteiger partial charge in [0.05, 0.1) is 0 Å². The van der Waals surface area contributed by atoms with Crippen molar-refractivity contribution < 1.29 is 14.7 Å². The van der Waals surface area contributed by atoms with Gasteiger partial charge >= 0.3 is 6.03 Å². The third-order valence-electron chi connectivity index (χ3n) is 3.80. The minimum Gasteiger partial charge on any atom is -0.396 e. The number of amides is 3. The molecule has 1 aromatic carbocycles. The maximum atomic E-state index is 12.6. The Balaban J connectivity index is 2.10. The quantitative estimate of drug-likeness (QED) is 0.742. The summed E-state index contributed by atoms with van der Waals surface area (Å²) in [6, 6.07) is 7.59. The summed E-state index contributed by atoms with van der Waals surface area (Å²) in [7, 11) is 0. The van der Waals surface area contributed by atoms with Crippen molar-refractivity contribution in [2.24, 2.45) is 11.7 Å². The molecule has 114 valence electrons. The number of rotatable bonds is 5. The van der Waals surface area contributed by atoms with Gasteiger partial charge in [0.15, 0.2) is 0 Å². The number of primary amides is 1. The number of carbonyl (C=O) groups excluding carboxylic acids is 2. The average Bonchev–Trinajstić information content (AvgIpc) is 2.94. The third kappa shape index (κ3) is 3.95. The molecule has 4 N–H and O–H groups in total. The second kappa shape index (κ2) is 7.08. The van der Waals surface area contributed by atoms with E-state index >= 15 is 0 Å². The number of nitrogens with zero attached hydrogens (tertiary/aromatic N) is 1. The number of aliphatic hydroxyl groups excluding tert-OH is 1. The Morgan fingerprint density at radius 3 is 2.71 bits per heavy atom. The molecule has 0 aliphatic carbocycles. The van der Waals surface area contributed by atoms with Crippen molar-refractivity contribution in [1.29, 1.82) is 0 Å². The number of likely N-dealkylation sites (tertiary alicyclic amines) is 1. The van der Waals surface area contributed by atoms with Crippen LogP contribution in [0.1, 0.15) is 24.4 Å². The highest BCUT2D eigenvalue weighted by atomic mass is 16.3. The highest BCUT2D eigenvalue weighted by Crippen LogP contribution is 2.23. The lowest BCUT2D eigenvalue weighted by Gasteiger charge is -2.24. The smallest absolute Gasteiger partial charge is 0.313 e. The van der Waals surface area contributed by atoms with E-state index in [-0.39, 0.29) is 12.5 Å². The van der Waals surface area contributed by atoms with Crippen LogP contribution in [0.25, 0.3) is 0 Å². The molecule has 0 bridgehead atoms. The molecule has 1 aliphatic rings. The molecule has 21 heavy (non-hydrogen) atoms. The fraction of sp³-hybridized carbons (Fsp3) is 0.467. The molecule has 0 spiro atoms. The summed E-state index contributed by atoms with van der Waals surface area (Å²) in [5.41, 5.74) is 5.90. The van der Waals surface area contributed by atoms with Crippen molar-refractivity contribution in [2.45, 2.75) is 18.9 Å². The molecule has 2 unspecified atom stereocenters. The average molecular weight is 291 g/mol. The molecule has 1 aliphatic heterocycles. The van der Waals surface area contributed by atoms with Gasteiger partial charge in [-0.25, -0.2) is 4.79 Å². The molecule has 2 rings (SSSR count). The number of nitrogens with two attached hydrogens (primary N) is 1. The van der Waals surface area contributed by atoms with Crippen molar-refractivity contribution in [2.75, 3.05) is 19.7 Å². The maximum Gasteiger partial charge on any atom is 0.313 e. The van der Waals surface area contributed by atoms with Gasteiger partial charge in [-0.1, -0.05) is 30.3 Å². The Kier molecular flexibility index (Phi) is 5.16. The number of carbonyl (C=O) groups is 2. The van der Waals surface area contributed by atoms with E-state index in [9.17, 15) is 9.59 Å². The van der Waals surface area contributed by atoms with Crippen LogP contribution in [0.15, 0.2) is 30.3 Å². The topological polar surface area (TPSA) is 95.7 Å². The summed E-state index contributed by atoms with van der Waals surface area (Å²) < 4.78 is 0. The van der Waals surface area contributed by atoms with E-state index < -0.39 is 12.1 Å². The summed E-state index contributed by atoms with van der Waals surface area (Å²) in [6.45, 7) is 1.39. The number of nitrogens with one attached hydrogen (secondary N) is 1. The van der Waals surface area contributed by atoms with Crippen LogP contribution in [0, 0.1) is 5.92 Å². The molecule has 6 nitrogen and oxygen atoms in total. The van der Waals surface area contributed by atoms with Crippen LogP contribution in [0.5, 0.6) is 0 Å². The van der Waals surface area contributed by atoms with E-state index in [2.05, 4.69) is 5.32 Å². The van der Waals surface area contributed by atoms with Gasteiger partial charge in [0, 0.05) is 19.7 Å². The molecule has 1 aromatic rings. The van der Waals surface area contributed by atoms with E-state index in [1.807, 2.05) is 18.2 Å². The van der Waals surface area contributed by atoms with Crippen molar-refractivity contribution in [1.82, 2.24) is 10.2 Å². The Bertz CT molecular complexity index is 492. The maximum absolute atomic E-state index is 12.6. The molecule has 1 saturated heterocycles. The molecule has 0 aromatic heterocycles. The number of urea groups is 1. The Hall–Kier alpha value is -2.08. The first-order valence-corrected chi connectivity index (χ1v) is 7.12. The summed E-state index contributed by atoms with van der Waals surface area (Å²) in [4.78, 5) is 25.5. The van der Waals surface area contributed by atoms with Crippen molar-refractivity contribution in [3.05, 3.63) is 35.9 Å². The van der Waals surface area contributed by atoms with Crippen molar-refractivity contribution in [3.8, 4) is 0 Å². The fourth-order valence-corrected chi connectivity index (χ4v) is 2.71. The second-order valence-electron chi connectivity index (χ2n) is 5.30. The predicted molar refractivity (Wildman–Crippen MR) is 78.3 cm³/mol. The largest absolute Gasteiger partial charge is 0.396 e. The monoisotopic (exact) mass is 291 g/mol. The summed E-state index contributed by atoms with van der Waals surface area (Å²) in [6.07, 6.45) is 1.58. The molecule has 3 amide bonds. The highest BCUT2D eigenvalue weighted by molar-refractivity contribution is 5.87. The molecule has 1 heterocycles. The first-order chi connectivity index (χ1) is 10.1. The second-order valence-corrected chi connectivity index (χ2v) is 5.30. The van der Waals surface area contributed by atoms with Gasteiger partial charge in [0.25, 0.3) is 0 Å². The minimum absolute atomic E-state index is 0.133. The molecule has 0 radical (unpaired) electrons. The Morgan fingerprint density at radius 1 is 1.38 bits per heavy atom. The number of benzene rings is 1. The Morgan fingerprint density at radius 2 is 2.10 bits per heavy atom. The van der Waals surface area contributed by atoms with Gasteiger partial charge in [-0.05, 0) is 24.3 Å². The van der Waals surface area contributed by atoms with Crippen LogP contribution in [-0.4, -0.2) is 41.6 Å². The molecule has 0 saturated carbocycles. The SMILES string of the molecule is NC(=O)NC(C(=O)N1CCC(CCO)C1)c1ccccc1. The highest BCUT2D eigenvalue weighted by Gasteiger charge is 2.31. The zero-order chi connectivity index (χ0) is 15.2. The van der Waals surface area contributed by atoms with Gasteiger partial charge in [-0.2, -0.15) is 0 Å². The fourth-order valence-electron chi connectivity index (χ4n) is 2.71. The van der Waals surface area contributed by atoms with Gasteiger partial charge in [-0.3, -0.25) is 4.79 Å². The van der Waals surface area contributed by atoms with E-state index in [1.165, 1.54) is 0 Å². The number of hydrogen-bond acceptors (Lipinski definition) is 3. The first-order valence-electron chi connectivity index (χ1n) is 7.12. The lowest BCUT2D eigenvalue weighted by Crippen LogP contribution is -2.43. The molecule has 1 fully saturated rings. The van der Waals surface area contributed by atoms with E-state index in [1.54, 1.807) is 17.0 Å². The van der Waals surface area contributed by atoms with Crippen LogP contribution < -0.4 is 11.1 Å². The standard InChI is InChI=1S/C15H21N3O3/c16-15(21)17-13(12-4-2-1-3-5-12)14(20)18-8-6-11(10-18)7-9-19/h1-5,11,13,19H,6-10H2,(H3,16,17,21). The summed E-state index contributed by atoms with van der Waals surface area (Å²) in [5.74, 6) is 0.171. The molecule has 2 atom stereocenters. The van der Waals surface area contributed by atoms with Crippen LogP contribution >= 0.6 is 0 Å².